The third-order valence-electron chi connectivity index (χ3n) is 7.25. The van der Waals surface area contributed by atoms with Crippen LogP contribution in [-0.4, -0.2) is 36.4 Å². The van der Waals surface area contributed by atoms with Gasteiger partial charge in [-0.3, -0.25) is 0 Å². The third kappa shape index (κ3) is 11.8. The minimum atomic E-state index is -3.78. The molecule has 12 heteroatoms. The van der Waals surface area contributed by atoms with Gasteiger partial charge in [0.25, 0.3) is 0 Å². The van der Waals surface area contributed by atoms with E-state index in [1.54, 1.807) is 13.8 Å². The maximum Gasteiger partial charge on any atom is 0.426 e. The molecule has 0 aliphatic carbocycles. The molecule has 0 N–H and O–H groups in total. The van der Waals surface area contributed by atoms with E-state index in [0.717, 1.165) is 54.6 Å². The first-order valence-corrected chi connectivity index (χ1v) is 16.1. The molecule has 0 bridgehead atoms. The normalized spacial score (nSPS) is 13.6. The standard InChI is InChI=1S/C39H40F4O8/c1-8-30(17-12-26(6)46-36(44)10-3)48-31-18-13-29(14-19-31)39(42,43)51-35-23-22-33(24-25(35)5)50-38(40,41)28-15-20-32(21-16-28)49-34(9-2)27(7)47-37(45)11-4/h10-11,13-16,18-24,26-27,30,34H,3-4,8-9H2,1-2,5-7H3. The monoisotopic (exact) mass is 712 g/mol. The summed E-state index contributed by atoms with van der Waals surface area (Å²) in [7, 11) is 0. The van der Waals surface area contributed by atoms with Crippen LogP contribution in [0.15, 0.2) is 92.0 Å². The molecule has 3 aromatic carbocycles. The van der Waals surface area contributed by atoms with E-state index in [-0.39, 0.29) is 28.6 Å². The van der Waals surface area contributed by atoms with Crippen LogP contribution in [-0.2, 0) is 31.3 Å². The van der Waals surface area contributed by atoms with Crippen molar-refractivity contribution in [3.8, 4) is 34.8 Å². The number of esters is 2. The SMILES string of the molecule is C=CC(=O)OC(C)C#CC(CC)Oc1ccc(C(F)(F)Oc2ccc(OC(F)(F)c3ccc(OC(CC)C(C)OC(=O)C=C)cc3)cc2C)cc1. The minimum Gasteiger partial charge on any atom is -0.487 e. The van der Waals surface area contributed by atoms with Crippen molar-refractivity contribution in [3.63, 3.8) is 0 Å². The fraction of sp³-hybridized carbons (Fsp3) is 0.333. The topological polar surface area (TPSA) is 89.5 Å². The Kier molecular flexibility index (Phi) is 14.1. The zero-order valence-corrected chi connectivity index (χ0v) is 28.9. The molecule has 51 heavy (non-hydrogen) atoms. The van der Waals surface area contributed by atoms with Gasteiger partial charge in [-0.1, -0.05) is 38.8 Å². The molecule has 0 fully saturated rings. The van der Waals surface area contributed by atoms with Crippen LogP contribution < -0.4 is 18.9 Å². The Morgan fingerprint density at radius 2 is 1.24 bits per heavy atom. The van der Waals surface area contributed by atoms with Crippen molar-refractivity contribution in [2.45, 2.75) is 84.1 Å². The highest BCUT2D eigenvalue weighted by molar-refractivity contribution is 5.81. The van der Waals surface area contributed by atoms with E-state index < -0.39 is 59.7 Å². The largest absolute Gasteiger partial charge is 0.487 e. The van der Waals surface area contributed by atoms with Gasteiger partial charge >= 0.3 is 24.2 Å². The van der Waals surface area contributed by atoms with Crippen molar-refractivity contribution in [2.24, 2.45) is 0 Å². The van der Waals surface area contributed by atoms with Gasteiger partial charge in [-0.2, -0.15) is 17.6 Å². The Labute approximate surface area is 294 Å². The first kappa shape index (κ1) is 40.0. The summed E-state index contributed by atoms with van der Waals surface area (Å²) in [4.78, 5) is 22.8. The van der Waals surface area contributed by atoms with Gasteiger partial charge in [0.1, 0.15) is 35.2 Å². The van der Waals surface area contributed by atoms with Crippen LogP contribution in [0, 0.1) is 18.8 Å². The van der Waals surface area contributed by atoms with E-state index in [2.05, 4.69) is 25.0 Å². The quantitative estimate of drug-likeness (QED) is 0.0594. The summed E-state index contributed by atoms with van der Waals surface area (Å²) in [6.07, 6.45) is -6.98. The first-order valence-electron chi connectivity index (χ1n) is 16.1. The number of hydrogen-bond acceptors (Lipinski definition) is 8. The van der Waals surface area contributed by atoms with E-state index in [4.69, 9.17) is 28.4 Å². The van der Waals surface area contributed by atoms with E-state index in [0.29, 0.717) is 12.8 Å². The number of halogens is 4. The van der Waals surface area contributed by atoms with Crippen LogP contribution in [0.1, 0.15) is 57.2 Å². The molecule has 3 aromatic rings. The second kappa shape index (κ2) is 18.0. The maximum atomic E-state index is 15.1. The summed E-state index contributed by atoms with van der Waals surface area (Å²) < 4.78 is 92.2. The molecule has 3 rings (SSSR count). The molecular weight excluding hydrogens is 672 g/mol. The molecule has 8 nitrogen and oxygen atoms in total. The zero-order valence-electron chi connectivity index (χ0n) is 28.9. The fourth-order valence-electron chi connectivity index (χ4n) is 4.49. The Morgan fingerprint density at radius 3 is 1.75 bits per heavy atom. The summed E-state index contributed by atoms with van der Waals surface area (Å²) in [5.41, 5.74) is -0.831. The van der Waals surface area contributed by atoms with E-state index >= 15 is 17.6 Å². The minimum absolute atomic E-state index is 0.126. The number of benzene rings is 3. The molecule has 0 aliphatic heterocycles. The smallest absolute Gasteiger partial charge is 0.426 e. The lowest BCUT2D eigenvalue weighted by Crippen LogP contribution is -2.32. The van der Waals surface area contributed by atoms with Gasteiger partial charge in [0, 0.05) is 12.2 Å². The molecule has 0 saturated carbocycles. The number of ether oxygens (including phenoxy) is 6. The molecule has 0 amide bonds. The molecule has 0 saturated heterocycles. The van der Waals surface area contributed by atoms with Gasteiger partial charge in [-0.15, -0.1) is 0 Å². The van der Waals surface area contributed by atoms with Crippen molar-refractivity contribution in [2.75, 3.05) is 0 Å². The van der Waals surface area contributed by atoms with Crippen LogP contribution >= 0.6 is 0 Å². The van der Waals surface area contributed by atoms with Gasteiger partial charge in [-0.05, 0) is 106 Å². The number of carbonyl (C=O) groups is 2. The number of hydrogen-bond donors (Lipinski definition) is 0. The van der Waals surface area contributed by atoms with Gasteiger partial charge in [0.05, 0.1) is 11.1 Å². The lowest BCUT2D eigenvalue weighted by atomic mass is 10.1. The lowest BCUT2D eigenvalue weighted by molar-refractivity contribution is -0.188. The first-order chi connectivity index (χ1) is 24.1. The van der Waals surface area contributed by atoms with E-state index in [1.165, 1.54) is 31.2 Å². The molecule has 0 aromatic heterocycles. The third-order valence-corrected chi connectivity index (χ3v) is 7.25. The summed E-state index contributed by atoms with van der Waals surface area (Å²) in [6.45, 7) is 15.0. The summed E-state index contributed by atoms with van der Waals surface area (Å²) in [5.74, 6) is 4.41. The molecule has 4 unspecified atom stereocenters. The number of rotatable bonds is 17. The highest BCUT2D eigenvalue weighted by atomic mass is 19.3. The van der Waals surface area contributed by atoms with E-state index in [9.17, 15) is 9.59 Å². The summed E-state index contributed by atoms with van der Waals surface area (Å²) >= 11 is 0. The average molecular weight is 713 g/mol. The predicted molar refractivity (Wildman–Crippen MR) is 182 cm³/mol. The lowest BCUT2D eigenvalue weighted by Gasteiger charge is -2.24. The molecule has 272 valence electrons. The summed E-state index contributed by atoms with van der Waals surface area (Å²) in [5, 5.41) is 0. The Morgan fingerprint density at radius 1 is 0.725 bits per heavy atom. The second-order valence-corrected chi connectivity index (χ2v) is 11.2. The molecule has 0 spiro atoms. The highest BCUT2D eigenvalue weighted by Gasteiger charge is 2.37. The zero-order chi connectivity index (χ0) is 37.8. The molecule has 0 aliphatic rings. The van der Waals surface area contributed by atoms with Crippen LogP contribution in [0.2, 0.25) is 0 Å². The van der Waals surface area contributed by atoms with Crippen molar-refractivity contribution >= 4 is 11.9 Å². The van der Waals surface area contributed by atoms with Gasteiger partial charge < -0.3 is 28.4 Å². The molecular formula is C39H40F4O8. The number of aryl methyl sites for hydroxylation is 1. The van der Waals surface area contributed by atoms with Crippen molar-refractivity contribution in [3.05, 3.63) is 109 Å². The predicted octanol–water partition coefficient (Wildman–Crippen LogP) is 8.81. The van der Waals surface area contributed by atoms with Crippen LogP contribution in [0.3, 0.4) is 0 Å². The summed E-state index contributed by atoms with van der Waals surface area (Å²) in [6, 6.07) is 13.3. The Hall–Kier alpha value is -5.44. The van der Waals surface area contributed by atoms with Crippen molar-refractivity contribution in [1.82, 2.24) is 0 Å². The van der Waals surface area contributed by atoms with Gasteiger partial charge in [0.15, 0.2) is 12.2 Å². The van der Waals surface area contributed by atoms with Crippen molar-refractivity contribution < 1.29 is 55.6 Å². The molecule has 0 radical (unpaired) electrons. The van der Waals surface area contributed by atoms with Crippen LogP contribution in [0.5, 0.6) is 23.0 Å². The average Bonchev–Trinajstić information content (AvgIpc) is 3.10. The molecule has 4 atom stereocenters. The van der Waals surface area contributed by atoms with Crippen molar-refractivity contribution in [1.29, 1.82) is 0 Å². The fourth-order valence-corrected chi connectivity index (χ4v) is 4.49. The Bertz CT molecular complexity index is 1710. The maximum absolute atomic E-state index is 15.1. The van der Waals surface area contributed by atoms with Gasteiger partial charge in [-0.25, -0.2) is 9.59 Å². The van der Waals surface area contributed by atoms with Crippen LogP contribution in [0.25, 0.3) is 0 Å². The number of alkyl halides is 4. The van der Waals surface area contributed by atoms with Crippen LogP contribution in [0.4, 0.5) is 17.6 Å². The molecule has 0 heterocycles. The van der Waals surface area contributed by atoms with E-state index in [1.807, 2.05) is 13.8 Å². The van der Waals surface area contributed by atoms with Gasteiger partial charge in [0.2, 0.25) is 0 Å². The Balaban J connectivity index is 1.63. The number of carbonyl (C=O) groups excluding carboxylic acids is 2. The second-order valence-electron chi connectivity index (χ2n) is 11.2. The highest BCUT2D eigenvalue weighted by Crippen LogP contribution is 2.38.